The molecular weight excluding hydrogens is 466 g/mol. The standard InChI is InChI=1S/C23H25F4N7O/c1-13-31-21-18(33(13)12-20(24)25)8-15(10-28-21)17-6-7-34-19(17)11-30-23(32-34)29-9-14-2-4-16(5-3-14)35-22(26)27/h6-8,10-11,14,16,20,22H,2-5,9,12H2,1H3,(H,29,32). The smallest absolute Gasteiger partial charge is 0.345 e. The highest BCUT2D eigenvalue weighted by molar-refractivity contribution is 5.85. The molecule has 5 rings (SSSR count). The van der Waals surface area contributed by atoms with E-state index in [0.717, 1.165) is 29.5 Å². The number of ether oxygens (including phenoxy) is 1. The van der Waals surface area contributed by atoms with E-state index in [1.54, 1.807) is 36.1 Å². The number of fused-ring (bicyclic) bond motifs is 2. The number of nitrogens with zero attached hydrogens (tertiary/aromatic N) is 6. The summed E-state index contributed by atoms with van der Waals surface area (Å²) in [6.07, 6.45) is 5.14. The highest BCUT2D eigenvalue weighted by atomic mass is 19.3. The Kier molecular flexibility index (Phi) is 6.54. The Labute approximate surface area is 198 Å². The molecule has 4 aromatic heterocycles. The van der Waals surface area contributed by atoms with Crippen LogP contribution in [0.4, 0.5) is 23.5 Å². The first-order chi connectivity index (χ1) is 16.9. The molecule has 0 amide bonds. The minimum atomic E-state index is -2.72. The van der Waals surface area contributed by atoms with Gasteiger partial charge in [0.1, 0.15) is 5.82 Å². The van der Waals surface area contributed by atoms with E-state index in [4.69, 9.17) is 0 Å². The highest BCUT2D eigenvalue weighted by Crippen LogP contribution is 2.29. The van der Waals surface area contributed by atoms with E-state index in [2.05, 4.69) is 30.1 Å². The van der Waals surface area contributed by atoms with Crippen LogP contribution in [0.5, 0.6) is 0 Å². The maximum atomic E-state index is 13.0. The number of rotatable bonds is 8. The van der Waals surface area contributed by atoms with Crippen molar-refractivity contribution in [1.29, 1.82) is 0 Å². The molecule has 4 heterocycles. The predicted molar refractivity (Wildman–Crippen MR) is 122 cm³/mol. The van der Waals surface area contributed by atoms with Crippen molar-refractivity contribution >= 4 is 22.6 Å². The number of pyridine rings is 1. The monoisotopic (exact) mass is 491 g/mol. The first-order valence-electron chi connectivity index (χ1n) is 11.5. The Bertz CT molecular complexity index is 1310. The molecule has 0 atom stereocenters. The topological polar surface area (TPSA) is 82.2 Å². The number of nitrogens with one attached hydrogen (secondary N) is 1. The minimum absolute atomic E-state index is 0.339. The van der Waals surface area contributed by atoms with Crippen LogP contribution in [0.1, 0.15) is 31.5 Å². The molecule has 0 spiro atoms. The summed E-state index contributed by atoms with van der Waals surface area (Å²) in [6.45, 7) is -0.830. The largest absolute Gasteiger partial charge is 0.353 e. The highest BCUT2D eigenvalue weighted by Gasteiger charge is 2.24. The van der Waals surface area contributed by atoms with Crippen molar-refractivity contribution in [3.8, 4) is 11.1 Å². The second-order valence-corrected chi connectivity index (χ2v) is 8.79. The van der Waals surface area contributed by atoms with Crippen LogP contribution in [0.15, 0.2) is 30.7 Å². The van der Waals surface area contributed by atoms with Gasteiger partial charge in [0, 0.05) is 30.1 Å². The van der Waals surface area contributed by atoms with Gasteiger partial charge >= 0.3 is 6.61 Å². The van der Waals surface area contributed by atoms with Gasteiger partial charge in [-0.3, -0.25) is 0 Å². The maximum absolute atomic E-state index is 13.0. The first kappa shape index (κ1) is 23.5. The number of hydrogen-bond acceptors (Lipinski definition) is 6. The van der Waals surface area contributed by atoms with Crippen molar-refractivity contribution in [2.45, 2.75) is 58.3 Å². The van der Waals surface area contributed by atoms with E-state index in [9.17, 15) is 17.6 Å². The Hall–Kier alpha value is -3.28. The average Bonchev–Trinajstić information content (AvgIpc) is 3.38. The van der Waals surface area contributed by atoms with Gasteiger partial charge in [-0.15, -0.1) is 5.10 Å². The SMILES string of the molecule is Cc1nc2ncc(-c3ccn4nc(NCC5CCC(OC(F)F)CC5)ncc34)cc2n1CC(F)F. The van der Waals surface area contributed by atoms with Crippen molar-refractivity contribution in [1.82, 2.24) is 29.1 Å². The lowest BCUT2D eigenvalue weighted by Crippen LogP contribution is -2.27. The number of aryl methyl sites for hydroxylation is 1. The Morgan fingerprint density at radius 3 is 2.63 bits per heavy atom. The van der Waals surface area contributed by atoms with Gasteiger partial charge in [0.25, 0.3) is 6.43 Å². The van der Waals surface area contributed by atoms with Gasteiger partial charge in [-0.05, 0) is 50.7 Å². The number of anilines is 1. The number of hydrogen-bond donors (Lipinski definition) is 1. The zero-order valence-corrected chi connectivity index (χ0v) is 19.0. The van der Waals surface area contributed by atoms with Gasteiger partial charge in [-0.1, -0.05) is 0 Å². The van der Waals surface area contributed by atoms with E-state index in [1.165, 1.54) is 4.57 Å². The number of aromatic nitrogens is 6. The Morgan fingerprint density at radius 2 is 1.89 bits per heavy atom. The average molecular weight is 491 g/mol. The minimum Gasteiger partial charge on any atom is -0.353 e. The molecule has 0 aliphatic heterocycles. The lowest BCUT2D eigenvalue weighted by atomic mass is 9.87. The number of imidazole rings is 1. The zero-order chi connectivity index (χ0) is 24.5. The molecule has 8 nitrogen and oxygen atoms in total. The summed E-state index contributed by atoms with van der Waals surface area (Å²) in [4.78, 5) is 13.1. The summed E-state index contributed by atoms with van der Waals surface area (Å²) in [6, 6.07) is 3.68. The van der Waals surface area contributed by atoms with E-state index < -0.39 is 19.6 Å². The van der Waals surface area contributed by atoms with Crippen LogP contribution in [0.3, 0.4) is 0 Å². The third-order valence-electron chi connectivity index (χ3n) is 6.48. The molecule has 0 saturated heterocycles. The predicted octanol–water partition coefficient (Wildman–Crippen LogP) is 4.92. The molecule has 12 heteroatoms. The molecule has 35 heavy (non-hydrogen) atoms. The van der Waals surface area contributed by atoms with Crippen molar-refractivity contribution in [2.75, 3.05) is 11.9 Å². The lowest BCUT2D eigenvalue weighted by Gasteiger charge is -2.28. The Balaban J connectivity index is 1.30. The molecule has 0 aromatic carbocycles. The molecular formula is C23H25F4N7O. The summed E-state index contributed by atoms with van der Waals surface area (Å²) in [5.41, 5.74) is 3.30. The van der Waals surface area contributed by atoms with E-state index >= 15 is 0 Å². The summed E-state index contributed by atoms with van der Waals surface area (Å²) >= 11 is 0. The van der Waals surface area contributed by atoms with Crippen molar-refractivity contribution in [3.63, 3.8) is 0 Å². The van der Waals surface area contributed by atoms with Gasteiger partial charge in [-0.2, -0.15) is 8.78 Å². The molecule has 1 aliphatic carbocycles. The summed E-state index contributed by atoms with van der Waals surface area (Å²) in [5, 5.41) is 7.75. The molecule has 0 radical (unpaired) electrons. The van der Waals surface area contributed by atoms with Gasteiger partial charge in [0.05, 0.1) is 29.9 Å². The normalized spacial score (nSPS) is 18.8. The second kappa shape index (κ2) is 9.76. The van der Waals surface area contributed by atoms with Crippen LogP contribution >= 0.6 is 0 Å². The fourth-order valence-electron chi connectivity index (χ4n) is 4.71. The summed E-state index contributed by atoms with van der Waals surface area (Å²) in [7, 11) is 0. The van der Waals surface area contributed by atoms with Crippen molar-refractivity contribution in [2.24, 2.45) is 5.92 Å². The molecule has 0 unspecified atom stereocenters. The molecule has 4 aromatic rings. The molecule has 0 bridgehead atoms. The molecule has 1 fully saturated rings. The number of alkyl halides is 4. The second-order valence-electron chi connectivity index (χ2n) is 8.79. The van der Waals surface area contributed by atoms with Crippen LogP contribution in [-0.4, -0.2) is 54.8 Å². The fraction of sp³-hybridized carbons (Fsp3) is 0.478. The van der Waals surface area contributed by atoms with Gasteiger partial charge < -0.3 is 14.6 Å². The van der Waals surface area contributed by atoms with E-state index in [0.29, 0.717) is 48.2 Å². The fourth-order valence-corrected chi connectivity index (χ4v) is 4.71. The van der Waals surface area contributed by atoms with Crippen LogP contribution in [0.25, 0.3) is 27.8 Å². The molecule has 1 aliphatic rings. The van der Waals surface area contributed by atoms with Crippen molar-refractivity contribution < 1.29 is 22.3 Å². The third-order valence-corrected chi connectivity index (χ3v) is 6.48. The van der Waals surface area contributed by atoms with Gasteiger partial charge in [-0.25, -0.2) is 28.2 Å². The van der Waals surface area contributed by atoms with Crippen molar-refractivity contribution in [3.05, 3.63) is 36.5 Å². The lowest BCUT2D eigenvalue weighted by molar-refractivity contribution is -0.171. The summed E-state index contributed by atoms with van der Waals surface area (Å²) in [5.74, 6) is 1.29. The van der Waals surface area contributed by atoms with Crippen LogP contribution < -0.4 is 5.32 Å². The van der Waals surface area contributed by atoms with Gasteiger partial charge in [0.15, 0.2) is 5.65 Å². The van der Waals surface area contributed by atoms with E-state index in [1.807, 2.05) is 6.07 Å². The van der Waals surface area contributed by atoms with Crippen LogP contribution in [0.2, 0.25) is 0 Å². The molecule has 1 N–H and O–H groups in total. The maximum Gasteiger partial charge on any atom is 0.345 e. The molecule has 1 saturated carbocycles. The van der Waals surface area contributed by atoms with Crippen LogP contribution in [-0.2, 0) is 11.3 Å². The number of halogens is 4. The third kappa shape index (κ3) is 5.07. The quantitative estimate of drug-likeness (QED) is 0.352. The van der Waals surface area contributed by atoms with Crippen LogP contribution in [0, 0.1) is 12.8 Å². The van der Waals surface area contributed by atoms with E-state index in [-0.39, 0.29) is 6.10 Å². The van der Waals surface area contributed by atoms with Gasteiger partial charge in [0.2, 0.25) is 5.95 Å². The summed E-state index contributed by atoms with van der Waals surface area (Å²) < 4.78 is 58.6. The first-order valence-corrected chi connectivity index (χ1v) is 11.5. The molecule has 186 valence electrons. The zero-order valence-electron chi connectivity index (χ0n) is 19.0. The Morgan fingerprint density at radius 1 is 1.09 bits per heavy atom.